The Hall–Kier alpha value is -2.94. The standard InChI is InChI=1S/C28H38FN3O4S/c1-21-11-17-26(18-12-21)32(37(3,35)36)19-7-10-27(33)31(20-23-13-15-24(29)16-14-23)22(2)28(34)30-25-8-5-4-6-9-25/h11-18,22,25H,4-10,19-20H2,1-3H3,(H,30,34)/t22-/m1/s1. The lowest BCUT2D eigenvalue weighted by Crippen LogP contribution is -2.50. The number of carbonyl (C=O) groups excluding carboxylic acids is 2. The Bertz CT molecular complexity index is 1150. The lowest BCUT2D eigenvalue weighted by Gasteiger charge is -2.31. The average Bonchev–Trinajstić information content (AvgIpc) is 2.86. The van der Waals surface area contributed by atoms with Gasteiger partial charge in [0.2, 0.25) is 21.8 Å². The topological polar surface area (TPSA) is 86.8 Å². The van der Waals surface area contributed by atoms with Crippen LogP contribution in [0.15, 0.2) is 48.5 Å². The van der Waals surface area contributed by atoms with E-state index in [9.17, 15) is 22.4 Å². The maximum absolute atomic E-state index is 13.4. The molecule has 0 unspecified atom stereocenters. The number of halogens is 1. The first-order valence-electron chi connectivity index (χ1n) is 12.9. The zero-order chi connectivity index (χ0) is 27.0. The van der Waals surface area contributed by atoms with E-state index in [2.05, 4.69) is 5.32 Å². The summed E-state index contributed by atoms with van der Waals surface area (Å²) in [6.45, 7) is 3.93. The minimum Gasteiger partial charge on any atom is -0.352 e. The third kappa shape index (κ3) is 8.55. The minimum atomic E-state index is -3.54. The van der Waals surface area contributed by atoms with Crippen molar-refractivity contribution in [3.8, 4) is 0 Å². The first-order valence-corrected chi connectivity index (χ1v) is 14.8. The molecule has 37 heavy (non-hydrogen) atoms. The number of carbonyl (C=O) groups is 2. The average molecular weight is 532 g/mol. The number of hydrogen-bond acceptors (Lipinski definition) is 4. The molecule has 0 aliphatic heterocycles. The molecule has 1 aliphatic carbocycles. The molecule has 1 atom stereocenters. The fraction of sp³-hybridized carbons (Fsp3) is 0.500. The number of sulfonamides is 1. The van der Waals surface area contributed by atoms with Gasteiger partial charge in [0, 0.05) is 25.6 Å². The number of nitrogens with one attached hydrogen (secondary N) is 1. The molecule has 9 heteroatoms. The Morgan fingerprint density at radius 1 is 1.03 bits per heavy atom. The summed E-state index contributed by atoms with van der Waals surface area (Å²) >= 11 is 0. The summed E-state index contributed by atoms with van der Waals surface area (Å²) in [7, 11) is -3.54. The van der Waals surface area contributed by atoms with E-state index in [0.717, 1.165) is 37.5 Å². The van der Waals surface area contributed by atoms with Crippen molar-refractivity contribution in [3.05, 3.63) is 65.5 Å². The summed E-state index contributed by atoms with van der Waals surface area (Å²) < 4.78 is 39.6. The van der Waals surface area contributed by atoms with Gasteiger partial charge in [-0.3, -0.25) is 13.9 Å². The molecule has 1 N–H and O–H groups in total. The molecule has 1 aliphatic rings. The quantitative estimate of drug-likeness (QED) is 0.461. The first-order chi connectivity index (χ1) is 17.5. The molecule has 0 radical (unpaired) electrons. The monoisotopic (exact) mass is 531 g/mol. The van der Waals surface area contributed by atoms with E-state index < -0.39 is 16.1 Å². The molecular formula is C28H38FN3O4S. The van der Waals surface area contributed by atoms with Crippen LogP contribution in [0, 0.1) is 12.7 Å². The summed E-state index contributed by atoms with van der Waals surface area (Å²) in [5.74, 6) is -0.838. The zero-order valence-electron chi connectivity index (χ0n) is 22.0. The second-order valence-electron chi connectivity index (χ2n) is 9.94. The molecule has 202 valence electrons. The predicted molar refractivity (Wildman–Crippen MR) is 144 cm³/mol. The van der Waals surface area contributed by atoms with Crippen LogP contribution in [0.25, 0.3) is 0 Å². The molecule has 0 spiro atoms. The van der Waals surface area contributed by atoms with Crippen molar-refractivity contribution in [3.63, 3.8) is 0 Å². The number of anilines is 1. The van der Waals surface area contributed by atoms with Gasteiger partial charge in [-0.15, -0.1) is 0 Å². The molecule has 0 heterocycles. The van der Waals surface area contributed by atoms with Gasteiger partial charge in [-0.25, -0.2) is 12.8 Å². The second kappa shape index (κ2) is 13.0. The highest BCUT2D eigenvalue weighted by Crippen LogP contribution is 2.21. The lowest BCUT2D eigenvalue weighted by atomic mass is 9.95. The van der Waals surface area contributed by atoms with Crippen molar-refractivity contribution in [1.82, 2.24) is 10.2 Å². The fourth-order valence-electron chi connectivity index (χ4n) is 4.65. The largest absolute Gasteiger partial charge is 0.352 e. The number of amides is 2. The fourth-order valence-corrected chi connectivity index (χ4v) is 5.62. The predicted octanol–water partition coefficient (Wildman–Crippen LogP) is 4.55. The van der Waals surface area contributed by atoms with Gasteiger partial charge in [0.1, 0.15) is 11.9 Å². The summed E-state index contributed by atoms with van der Waals surface area (Å²) in [6.07, 6.45) is 6.70. The van der Waals surface area contributed by atoms with Crippen molar-refractivity contribution < 1.29 is 22.4 Å². The van der Waals surface area contributed by atoms with Gasteiger partial charge in [-0.2, -0.15) is 0 Å². The molecule has 0 aromatic heterocycles. The Labute approximate surface area is 220 Å². The Morgan fingerprint density at radius 3 is 2.24 bits per heavy atom. The van der Waals surface area contributed by atoms with E-state index in [-0.39, 0.29) is 49.6 Å². The smallest absolute Gasteiger partial charge is 0.242 e. The van der Waals surface area contributed by atoms with Crippen LogP contribution in [0.5, 0.6) is 0 Å². The van der Waals surface area contributed by atoms with Crippen LogP contribution in [-0.4, -0.2) is 50.0 Å². The maximum Gasteiger partial charge on any atom is 0.242 e. The molecule has 2 amide bonds. The molecule has 0 saturated heterocycles. The number of benzene rings is 2. The van der Waals surface area contributed by atoms with Gasteiger partial charge in [-0.1, -0.05) is 49.1 Å². The minimum absolute atomic E-state index is 0.0696. The molecule has 1 saturated carbocycles. The van der Waals surface area contributed by atoms with Crippen LogP contribution in [0.1, 0.15) is 63.0 Å². The SMILES string of the molecule is Cc1ccc(N(CCCC(=O)N(Cc2ccc(F)cc2)[C@H](C)C(=O)NC2CCCCC2)S(C)(=O)=O)cc1. The third-order valence-electron chi connectivity index (χ3n) is 6.86. The van der Waals surface area contributed by atoms with E-state index >= 15 is 0 Å². The maximum atomic E-state index is 13.4. The molecule has 0 bridgehead atoms. The van der Waals surface area contributed by atoms with Crippen LogP contribution in [0.2, 0.25) is 0 Å². The first kappa shape index (κ1) is 28.6. The van der Waals surface area contributed by atoms with Crippen molar-refractivity contribution in [2.24, 2.45) is 0 Å². The van der Waals surface area contributed by atoms with Crippen molar-refractivity contribution >= 4 is 27.5 Å². The van der Waals surface area contributed by atoms with E-state index in [1.165, 1.54) is 27.8 Å². The van der Waals surface area contributed by atoms with E-state index in [0.29, 0.717) is 11.3 Å². The van der Waals surface area contributed by atoms with Crippen LogP contribution < -0.4 is 9.62 Å². The lowest BCUT2D eigenvalue weighted by molar-refractivity contribution is -0.141. The van der Waals surface area contributed by atoms with Crippen molar-refractivity contribution in [2.75, 3.05) is 17.1 Å². The summed E-state index contributed by atoms with van der Waals surface area (Å²) in [5, 5.41) is 3.09. The Morgan fingerprint density at radius 2 is 1.65 bits per heavy atom. The Balaban J connectivity index is 1.70. The second-order valence-corrected chi connectivity index (χ2v) is 11.8. The number of aryl methyl sites for hydroxylation is 1. The van der Waals surface area contributed by atoms with E-state index in [1.807, 2.05) is 19.1 Å². The van der Waals surface area contributed by atoms with Crippen molar-refractivity contribution in [2.45, 2.75) is 77.4 Å². The van der Waals surface area contributed by atoms with Gasteiger partial charge in [-0.05, 0) is 62.9 Å². The molecular weight excluding hydrogens is 493 g/mol. The summed E-state index contributed by atoms with van der Waals surface area (Å²) in [5.41, 5.74) is 2.28. The highest BCUT2D eigenvalue weighted by atomic mass is 32.2. The summed E-state index contributed by atoms with van der Waals surface area (Å²) in [4.78, 5) is 27.9. The number of rotatable bonds is 11. The molecule has 1 fully saturated rings. The highest BCUT2D eigenvalue weighted by Gasteiger charge is 2.28. The molecule has 2 aromatic carbocycles. The van der Waals surface area contributed by atoms with E-state index in [4.69, 9.17) is 0 Å². The number of nitrogens with zero attached hydrogens (tertiary/aromatic N) is 2. The van der Waals surface area contributed by atoms with Gasteiger partial charge >= 0.3 is 0 Å². The van der Waals surface area contributed by atoms with Crippen molar-refractivity contribution in [1.29, 1.82) is 0 Å². The third-order valence-corrected chi connectivity index (χ3v) is 8.05. The highest BCUT2D eigenvalue weighted by molar-refractivity contribution is 7.92. The van der Waals surface area contributed by atoms with Crippen LogP contribution in [0.3, 0.4) is 0 Å². The molecule has 2 aromatic rings. The normalized spacial score (nSPS) is 15.1. The van der Waals surface area contributed by atoms with Gasteiger partial charge in [0.25, 0.3) is 0 Å². The van der Waals surface area contributed by atoms with Crippen LogP contribution in [0.4, 0.5) is 10.1 Å². The van der Waals surface area contributed by atoms with Crippen LogP contribution >= 0.6 is 0 Å². The summed E-state index contributed by atoms with van der Waals surface area (Å²) in [6, 6.07) is 12.4. The van der Waals surface area contributed by atoms with Crippen LogP contribution in [-0.2, 0) is 26.2 Å². The van der Waals surface area contributed by atoms with Gasteiger partial charge < -0.3 is 10.2 Å². The van der Waals surface area contributed by atoms with E-state index in [1.54, 1.807) is 31.2 Å². The molecule has 3 rings (SSSR count). The van der Waals surface area contributed by atoms with Gasteiger partial charge in [0.15, 0.2) is 0 Å². The zero-order valence-corrected chi connectivity index (χ0v) is 22.8. The van der Waals surface area contributed by atoms with Gasteiger partial charge in [0.05, 0.1) is 11.9 Å². The molecule has 7 nitrogen and oxygen atoms in total. The Kier molecular flexibility index (Phi) is 10.1. The number of hydrogen-bond donors (Lipinski definition) is 1.